The molecule has 20 heavy (non-hydrogen) atoms. The molecule has 1 atom stereocenters. The van der Waals surface area contributed by atoms with Gasteiger partial charge in [-0.2, -0.15) is 5.26 Å². The number of rotatable bonds is 5. The number of nitriles is 1. The molecule has 7 nitrogen and oxygen atoms in total. The molecule has 7 heteroatoms. The number of carbonyl (C=O) groups excluding carboxylic acids is 3. The summed E-state index contributed by atoms with van der Waals surface area (Å²) in [5.41, 5.74) is 3.29. The Kier molecular flexibility index (Phi) is 4.38. The second-order valence-corrected chi connectivity index (χ2v) is 5.92. The predicted octanol–water partition coefficient (Wildman–Crippen LogP) is -0.481. The molecular weight excluding hydrogens is 260 g/mol. The Hall–Kier alpha value is -2.10. The Balaban J connectivity index is 2.61. The van der Waals surface area contributed by atoms with Crippen LogP contribution in [0.1, 0.15) is 33.1 Å². The van der Waals surface area contributed by atoms with E-state index in [2.05, 4.69) is 5.32 Å². The number of hydrogen-bond donors (Lipinski definition) is 2. The zero-order valence-corrected chi connectivity index (χ0v) is 12.0. The topological polar surface area (TPSA) is 116 Å². The van der Waals surface area contributed by atoms with E-state index in [9.17, 15) is 19.6 Å². The molecule has 0 bridgehead atoms. The van der Waals surface area contributed by atoms with E-state index >= 15 is 0 Å². The van der Waals surface area contributed by atoms with E-state index < -0.39 is 16.9 Å². The molecule has 1 fully saturated rings. The number of amides is 3. The van der Waals surface area contributed by atoms with Crippen molar-refractivity contribution < 1.29 is 14.4 Å². The van der Waals surface area contributed by atoms with Crippen LogP contribution in [0.2, 0.25) is 0 Å². The van der Waals surface area contributed by atoms with Gasteiger partial charge in [-0.1, -0.05) is 13.8 Å². The highest BCUT2D eigenvalue weighted by atomic mass is 16.2. The highest BCUT2D eigenvalue weighted by Crippen LogP contribution is 2.23. The van der Waals surface area contributed by atoms with E-state index in [-0.39, 0.29) is 31.2 Å². The van der Waals surface area contributed by atoms with E-state index in [1.165, 1.54) is 4.90 Å². The molecule has 0 aliphatic carbocycles. The Bertz CT molecular complexity index is 480. The van der Waals surface area contributed by atoms with Gasteiger partial charge in [0.15, 0.2) is 5.54 Å². The molecule has 1 heterocycles. The van der Waals surface area contributed by atoms with Crippen molar-refractivity contribution in [1.29, 1.82) is 5.26 Å². The first-order chi connectivity index (χ1) is 9.12. The van der Waals surface area contributed by atoms with Crippen LogP contribution in [0.4, 0.5) is 0 Å². The fourth-order valence-corrected chi connectivity index (χ4v) is 2.01. The molecule has 1 unspecified atom stereocenters. The number of nitrogens with zero attached hydrogens (tertiary/aromatic N) is 2. The SMILES string of the molecule is CN1CC(C#N)(NC(=O)CCC(C)(C)C(N)=O)CC1=O. The summed E-state index contributed by atoms with van der Waals surface area (Å²) in [6.45, 7) is 3.50. The van der Waals surface area contributed by atoms with Gasteiger partial charge in [0.25, 0.3) is 0 Å². The van der Waals surface area contributed by atoms with Gasteiger partial charge in [0.05, 0.1) is 19.0 Å². The Labute approximate surface area is 118 Å². The predicted molar refractivity (Wildman–Crippen MR) is 71.0 cm³/mol. The van der Waals surface area contributed by atoms with Gasteiger partial charge in [0.1, 0.15) is 0 Å². The second-order valence-electron chi connectivity index (χ2n) is 5.92. The summed E-state index contributed by atoms with van der Waals surface area (Å²) in [5, 5.41) is 11.8. The van der Waals surface area contributed by atoms with Crippen LogP contribution in [0.25, 0.3) is 0 Å². The van der Waals surface area contributed by atoms with Gasteiger partial charge in [0, 0.05) is 18.9 Å². The van der Waals surface area contributed by atoms with Gasteiger partial charge in [-0.3, -0.25) is 14.4 Å². The van der Waals surface area contributed by atoms with Crippen molar-refractivity contribution in [3.63, 3.8) is 0 Å². The Morgan fingerprint density at radius 1 is 1.55 bits per heavy atom. The lowest BCUT2D eigenvalue weighted by atomic mass is 9.87. The fraction of sp³-hybridized carbons (Fsp3) is 0.692. The number of primary amides is 1. The van der Waals surface area contributed by atoms with Crippen LogP contribution < -0.4 is 11.1 Å². The minimum Gasteiger partial charge on any atom is -0.369 e. The van der Waals surface area contributed by atoms with Crippen molar-refractivity contribution in [2.24, 2.45) is 11.1 Å². The Morgan fingerprint density at radius 3 is 2.55 bits per heavy atom. The van der Waals surface area contributed by atoms with Gasteiger partial charge in [0.2, 0.25) is 17.7 Å². The largest absolute Gasteiger partial charge is 0.369 e. The van der Waals surface area contributed by atoms with Crippen LogP contribution in [0.5, 0.6) is 0 Å². The van der Waals surface area contributed by atoms with Gasteiger partial charge >= 0.3 is 0 Å². The van der Waals surface area contributed by atoms with E-state index in [1.54, 1.807) is 20.9 Å². The highest BCUT2D eigenvalue weighted by molar-refractivity contribution is 5.85. The second kappa shape index (κ2) is 5.49. The molecule has 0 radical (unpaired) electrons. The summed E-state index contributed by atoms with van der Waals surface area (Å²) in [6, 6.07) is 2.00. The first-order valence-electron chi connectivity index (χ1n) is 6.38. The molecule has 3 amide bonds. The first kappa shape index (κ1) is 16.0. The maximum Gasteiger partial charge on any atom is 0.225 e. The molecule has 0 aromatic heterocycles. The van der Waals surface area contributed by atoms with Crippen LogP contribution in [-0.4, -0.2) is 41.8 Å². The third-order valence-corrected chi connectivity index (χ3v) is 3.62. The lowest BCUT2D eigenvalue weighted by molar-refractivity contribution is -0.128. The van der Waals surface area contributed by atoms with E-state index in [4.69, 9.17) is 5.73 Å². The van der Waals surface area contributed by atoms with Crippen LogP contribution in [-0.2, 0) is 14.4 Å². The average molecular weight is 280 g/mol. The van der Waals surface area contributed by atoms with Crippen LogP contribution in [0.3, 0.4) is 0 Å². The molecule has 0 spiro atoms. The van der Waals surface area contributed by atoms with Crippen molar-refractivity contribution >= 4 is 17.7 Å². The monoisotopic (exact) mass is 280 g/mol. The summed E-state index contributed by atoms with van der Waals surface area (Å²) in [4.78, 5) is 36.0. The molecule has 110 valence electrons. The molecule has 1 saturated heterocycles. The molecular formula is C13H20N4O3. The third kappa shape index (κ3) is 3.47. The van der Waals surface area contributed by atoms with Gasteiger partial charge in [-0.25, -0.2) is 0 Å². The van der Waals surface area contributed by atoms with Crippen molar-refractivity contribution in [1.82, 2.24) is 10.2 Å². The number of carbonyl (C=O) groups is 3. The summed E-state index contributed by atoms with van der Waals surface area (Å²) < 4.78 is 0. The molecule has 0 saturated carbocycles. The summed E-state index contributed by atoms with van der Waals surface area (Å²) in [7, 11) is 1.59. The minimum atomic E-state index is -1.17. The number of nitrogens with two attached hydrogens (primary N) is 1. The lowest BCUT2D eigenvalue weighted by Gasteiger charge is -2.23. The maximum absolute atomic E-state index is 11.9. The molecule has 0 aromatic carbocycles. The molecule has 1 aliphatic heterocycles. The van der Waals surface area contributed by atoms with E-state index in [0.717, 1.165) is 0 Å². The summed E-state index contributed by atoms with van der Waals surface area (Å²) in [5.74, 6) is -1.01. The normalized spacial score (nSPS) is 22.5. The van der Waals surface area contributed by atoms with Crippen molar-refractivity contribution in [2.45, 2.75) is 38.6 Å². The van der Waals surface area contributed by atoms with E-state index in [1.807, 2.05) is 6.07 Å². The lowest BCUT2D eigenvalue weighted by Crippen LogP contribution is -2.49. The zero-order chi connectivity index (χ0) is 15.6. The quantitative estimate of drug-likeness (QED) is 0.707. The standard InChI is InChI=1S/C13H20N4O3/c1-12(2,11(15)20)5-4-9(18)16-13(7-14)6-10(19)17(3)8-13/h4-6,8H2,1-3H3,(H2,15,20)(H,16,18). The molecule has 3 N–H and O–H groups in total. The minimum absolute atomic E-state index is 0.0229. The first-order valence-corrected chi connectivity index (χ1v) is 6.38. The molecule has 1 rings (SSSR count). The number of nitrogens with one attached hydrogen (secondary N) is 1. The van der Waals surface area contributed by atoms with Crippen molar-refractivity contribution in [3.8, 4) is 6.07 Å². The molecule has 1 aliphatic rings. The number of likely N-dealkylation sites (N-methyl/N-ethyl adjacent to an activating group) is 1. The zero-order valence-electron chi connectivity index (χ0n) is 12.0. The van der Waals surface area contributed by atoms with Crippen molar-refractivity contribution in [3.05, 3.63) is 0 Å². The van der Waals surface area contributed by atoms with Gasteiger partial charge in [-0.15, -0.1) is 0 Å². The van der Waals surface area contributed by atoms with Gasteiger partial charge in [-0.05, 0) is 6.42 Å². The third-order valence-electron chi connectivity index (χ3n) is 3.62. The van der Waals surface area contributed by atoms with Crippen LogP contribution in [0, 0.1) is 16.7 Å². The van der Waals surface area contributed by atoms with Crippen molar-refractivity contribution in [2.75, 3.05) is 13.6 Å². The Morgan fingerprint density at radius 2 is 2.15 bits per heavy atom. The van der Waals surface area contributed by atoms with Crippen LogP contribution in [0.15, 0.2) is 0 Å². The fourth-order valence-electron chi connectivity index (χ4n) is 2.01. The van der Waals surface area contributed by atoms with Gasteiger partial charge < -0.3 is 16.0 Å². The van der Waals surface area contributed by atoms with E-state index in [0.29, 0.717) is 6.42 Å². The van der Waals surface area contributed by atoms with Crippen LogP contribution >= 0.6 is 0 Å². The number of likely N-dealkylation sites (tertiary alicyclic amines) is 1. The number of hydrogen-bond acceptors (Lipinski definition) is 4. The molecule has 0 aromatic rings. The average Bonchev–Trinajstić information content (AvgIpc) is 2.63. The summed E-state index contributed by atoms with van der Waals surface area (Å²) >= 11 is 0. The maximum atomic E-state index is 11.9. The smallest absolute Gasteiger partial charge is 0.225 e. The highest BCUT2D eigenvalue weighted by Gasteiger charge is 2.43. The summed E-state index contributed by atoms with van der Waals surface area (Å²) in [6.07, 6.45) is 0.349.